The standard InChI is InChI=1S/C57H89N11O8/c1-37(2)43-33-40(55(72)67(6)27-15-25-65(4)24-14-26-66(5)36-61-23-12-10-17-45(53(59)70)62-35-49(69)44(60-3)16-9-11-22-58)20-21-47(43)68-48(52-50(75-7)18-13-19-51(52)76-8)34-46(64-68)54(71)63-57(56(73)74)41-29-38-28-39(31-41)32-42(57)30-38/h13,18-21,33-34,37-39,41-42,44-45,60-62H,9-12,14-17,22-32,35-36,58H2,1-8H3,(H2,59,70)(H,63,71)(H,73,74)/i/hD. The van der Waals surface area contributed by atoms with Gasteiger partial charge in [-0.1, -0.05) is 32.8 Å². The van der Waals surface area contributed by atoms with Gasteiger partial charge >= 0.3 is 5.97 Å². The lowest BCUT2D eigenvalue weighted by atomic mass is 9.48. The number of nitrogens with zero attached hydrogens (tertiary/aromatic N) is 5. The molecule has 2 aromatic carbocycles. The molecule has 4 fully saturated rings. The van der Waals surface area contributed by atoms with Crippen LogP contribution >= 0.6 is 0 Å². The first-order valence-corrected chi connectivity index (χ1v) is 27.7. The van der Waals surface area contributed by atoms with Gasteiger partial charge in [0.05, 0.1) is 49.8 Å². The molecule has 420 valence electrons. The first-order valence-electron chi connectivity index (χ1n) is 28.2. The molecule has 3 aromatic rings. The van der Waals surface area contributed by atoms with Gasteiger partial charge in [-0.25, -0.2) is 9.48 Å². The number of ether oxygens (including phenoxy) is 2. The molecule has 7 rings (SSSR count). The number of benzene rings is 2. The van der Waals surface area contributed by atoms with E-state index in [4.69, 9.17) is 21.7 Å². The van der Waals surface area contributed by atoms with Crippen molar-refractivity contribution >= 4 is 29.5 Å². The van der Waals surface area contributed by atoms with Gasteiger partial charge in [-0.3, -0.25) is 29.4 Å². The molecule has 0 radical (unpaired) electrons. The fourth-order valence-electron chi connectivity index (χ4n) is 12.3. The molecule has 76 heavy (non-hydrogen) atoms. The maximum absolute atomic E-state index is 14.5. The average Bonchev–Trinajstić information content (AvgIpc) is 3.91. The summed E-state index contributed by atoms with van der Waals surface area (Å²) < 4.78 is 20.4. The number of carboxylic acid groups (broad SMARTS) is 1. The van der Waals surface area contributed by atoms with E-state index in [2.05, 4.69) is 50.9 Å². The van der Waals surface area contributed by atoms with Crippen LogP contribution < -0.4 is 42.2 Å². The number of hydrogen-bond donors (Lipinski definition) is 7. The van der Waals surface area contributed by atoms with Crippen molar-refractivity contribution in [3.63, 3.8) is 0 Å². The van der Waals surface area contributed by atoms with E-state index in [1.807, 2.05) is 51.2 Å². The second kappa shape index (κ2) is 28.3. The highest BCUT2D eigenvalue weighted by Gasteiger charge is 2.62. The van der Waals surface area contributed by atoms with Crippen molar-refractivity contribution in [2.75, 3.05) is 94.9 Å². The predicted molar refractivity (Wildman–Crippen MR) is 296 cm³/mol. The first-order chi connectivity index (χ1) is 36.9. The Kier molecular flexibility index (Phi) is 21.7. The van der Waals surface area contributed by atoms with Gasteiger partial charge in [-0.05, 0) is 190 Å². The summed E-state index contributed by atoms with van der Waals surface area (Å²) in [6.07, 6.45) is 10.7. The van der Waals surface area contributed by atoms with E-state index in [-0.39, 0.29) is 47.7 Å². The number of ketones is 1. The summed E-state index contributed by atoms with van der Waals surface area (Å²) in [6, 6.07) is 11.8. The maximum atomic E-state index is 14.5. The molecule has 19 nitrogen and oxygen atoms in total. The Hall–Kier alpha value is -5.44. The second-order valence-electron chi connectivity index (χ2n) is 22.1. The Balaban J connectivity index is 0.987. The number of likely N-dealkylation sites (N-methyl/N-ethyl adjacent to an activating group) is 1. The monoisotopic (exact) mass is 1060 g/mol. The van der Waals surface area contributed by atoms with Crippen molar-refractivity contribution in [1.29, 1.82) is 0 Å². The van der Waals surface area contributed by atoms with E-state index < -0.39 is 29.4 Å². The highest BCUT2D eigenvalue weighted by molar-refractivity contribution is 5.98. The Morgan fingerprint density at radius 3 is 2.08 bits per heavy atom. The third-order valence-corrected chi connectivity index (χ3v) is 16.3. The largest absolute Gasteiger partial charge is 0.496 e. The van der Waals surface area contributed by atoms with Gasteiger partial charge in [-0.2, -0.15) is 5.10 Å². The molecule has 2 unspecified atom stereocenters. The van der Waals surface area contributed by atoms with Crippen LogP contribution in [0.15, 0.2) is 42.5 Å². The van der Waals surface area contributed by atoms with Gasteiger partial charge in [0, 0.05) is 32.4 Å². The summed E-state index contributed by atoms with van der Waals surface area (Å²) in [5.74, 6) is -0.363. The maximum Gasteiger partial charge on any atom is 0.330 e. The molecule has 0 spiro atoms. The number of hydrogen-bond acceptors (Lipinski definition) is 14. The molecule has 4 aliphatic carbocycles. The average molecular weight is 1060 g/mol. The van der Waals surface area contributed by atoms with Crippen molar-refractivity contribution in [3.8, 4) is 28.4 Å². The summed E-state index contributed by atoms with van der Waals surface area (Å²) in [6.45, 7) is 9.51. The van der Waals surface area contributed by atoms with Crippen molar-refractivity contribution in [2.45, 2.75) is 121 Å². The Labute approximate surface area is 452 Å². The molecular formula is C57H89N11O8. The number of rotatable bonds is 35. The van der Waals surface area contributed by atoms with E-state index in [0.29, 0.717) is 71.8 Å². The molecular weight excluding hydrogens is 967 g/mol. The van der Waals surface area contributed by atoms with Crippen LogP contribution in [-0.2, 0) is 14.4 Å². The van der Waals surface area contributed by atoms with Crippen molar-refractivity contribution in [3.05, 3.63) is 59.3 Å². The summed E-state index contributed by atoms with van der Waals surface area (Å²) in [5, 5.41) is 28.5. The number of unbranched alkanes of at least 4 members (excludes halogenated alkanes) is 2. The van der Waals surface area contributed by atoms with Crippen LogP contribution in [0.1, 0.15) is 130 Å². The Morgan fingerprint density at radius 2 is 1.47 bits per heavy atom. The van der Waals surface area contributed by atoms with E-state index >= 15 is 0 Å². The molecule has 19 heteroatoms. The summed E-state index contributed by atoms with van der Waals surface area (Å²) in [5.41, 5.74) is 9.88. The molecule has 1 heterocycles. The summed E-state index contributed by atoms with van der Waals surface area (Å²) in [7, 11) is 10.9. The number of methoxy groups -OCH3 is 2. The molecule has 0 aliphatic heterocycles. The number of amides is 3. The van der Waals surface area contributed by atoms with Crippen LogP contribution in [0.4, 0.5) is 0 Å². The van der Waals surface area contributed by atoms with Crippen LogP contribution in [0.2, 0.25) is 1.41 Å². The predicted octanol–water partition coefficient (Wildman–Crippen LogP) is 4.85. The van der Waals surface area contributed by atoms with E-state index in [0.717, 1.165) is 109 Å². The van der Waals surface area contributed by atoms with Gasteiger partial charge in [0.15, 0.2) is 11.5 Å². The van der Waals surface area contributed by atoms with Crippen LogP contribution in [-0.4, -0.2) is 172 Å². The Bertz CT molecular complexity index is 2400. The topological polar surface area (TPSA) is 252 Å². The number of carboxylic acids is 1. The van der Waals surface area contributed by atoms with Crippen LogP contribution in [0, 0.1) is 23.7 Å². The number of primary amides is 1. The number of aromatic nitrogens is 2. The number of nitrogens with one attached hydrogen (secondary N) is 4. The minimum atomic E-state index is -1.35. The fourth-order valence-corrected chi connectivity index (χ4v) is 12.3. The zero-order chi connectivity index (χ0) is 55.8. The fraction of sp³-hybridized carbons (Fsp3) is 0.649. The molecule has 4 aliphatic rings. The van der Waals surface area contributed by atoms with Crippen molar-refractivity contribution in [2.24, 2.45) is 35.1 Å². The van der Waals surface area contributed by atoms with Crippen molar-refractivity contribution < 1.29 is 40.0 Å². The zero-order valence-corrected chi connectivity index (χ0v) is 46.6. The van der Waals surface area contributed by atoms with E-state index in [9.17, 15) is 29.1 Å². The number of Topliss-reactive ketones (excluding diaryl/α,β-unsaturated/α-hetero) is 1. The number of carbonyl (C=O) groups excluding carboxylic acids is 4. The molecule has 3 amide bonds. The number of carbonyl (C=O) groups is 5. The van der Waals surface area contributed by atoms with E-state index in [1.54, 1.807) is 43.0 Å². The van der Waals surface area contributed by atoms with Gasteiger partial charge in [0.25, 0.3) is 11.8 Å². The third kappa shape index (κ3) is 14.8. The smallest absolute Gasteiger partial charge is 0.330 e. The lowest BCUT2D eigenvalue weighted by molar-refractivity contribution is -0.163. The summed E-state index contributed by atoms with van der Waals surface area (Å²) in [4.78, 5) is 72.9. The molecule has 2 atom stereocenters. The van der Waals surface area contributed by atoms with Crippen LogP contribution in [0.3, 0.4) is 0 Å². The zero-order valence-electron chi connectivity index (χ0n) is 47.6. The molecule has 0 saturated heterocycles. The minimum Gasteiger partial charge on any atom is -0.496 e. The SMILES string of the molecule is [2H]NCCCCC(NC)C(=O)CNC(CCCCNCN(C)CCCN(C)CCCN(C)C(=O)c1ccc(-n2nc(C(=O)NC3(C(=O)O)C4CC5CC(C4)CC3C5)cc2-c2c(OC)cccc2OC)c(C(C)C)c1)C(N)=O. The molecule has 4 saturated carbocycles. The van der Waals surface area contributed by atoms with Crippen molar-refractivity contribution in [1.82, 2.24) is 45.7 Å². The number of aliphatic carboxylic acids is 1. The highest BCUT2D eigenvalue weighted by atomic mass is 16.5. The summed E-state index contributed by atoms with van der Waals surface area (Å²) >= 11 is 0. The third-order valence-electron chi connectivity index (χ3n) is 16.3. The quantitative estimate of drug-likeness (QED) is 0.0307. The lowest BCUT2D eigenvalue weighted by Crippen LogP contribution is -2.70. The minimum absolute atomic E-state index is 0.00289. The van der Waals surface area contributed by atoms with Gasteiger partial charge in [-0.15, -0.1) is 0 Å². The van der Waals surface area contributed by atoms with Gasteiger partial charge in [0.2, 0.25) is 5.91 Å². The van der Waals surface area contributed by atoms with Crippen LogP contribution in [0.5, 0.6) is 11.5 Å². The van der Waals surface area contributed by atoms with E-state index in [1.165, 1.54) is 0 Å². The van der Waals surface area contributed by atoms with Crippen LogP contribution in [0.25, 0.3) is 16.9 Å². The molecule has 9 N–H and O–H groups in total. The molecule has 4 bridgehead atoms. The number of nitrogens with two attached hydrogens (primary N) is 2. The first kappa shape index (κ1) is 58.2. The van der Waals surface area contributed by atoms with Gasteiger partial charge < -0.3 is 51.8 Å². The highest BCUT2D eigenvalue weighted by Crippen LogP contribution is 2.58. The second-order valence-corrected chi connectivity index (χ2v) is 22.1. The van der Waals surface area contributed by atoms with Gasteiger partial charge in [0.1, 0.15) is 18.4 Å². The molecule has 1 aromatic heterocycles. The normalized spacial score (nSPS) is 20.7. The Morgan fingerprint density at radius 1 is 0.842 bits per heavy atom. The lowest BCUT2D eigenvalue weighted by Gasteiger charge is -2.59.